The Morgan fingerprint density at radius 2 is 1.87 bits per heavy atom. The van der Waals surface area contributed by atoms with Gasteiger partial charge in [0.1, 0.15) is 4.90 Å². The molecule has 1 aromatic heterocycles. The van der Waals surface area contributed by atoms with Gasteiger partial charge in [-0.3, -0.25) is 4.57 Å². The number of aromatic amines is 1. The quantitative estimate of drug-likeness (QED) is 0.617. The molecule has 1 aliphatic rings. The maximum Gasteiger partial charge on any atom is 0.337 e. The molecule has 1 saturated heterocycles. The van der Waals surface area contributed by atoms with Crippen LogP contribution in [0.25, 0.3) is 11.0 Å². The molecule has 0 amide bonds. The summed E-state index contributed by atoms with van der Waals surface area (Å²) in [5, 5.41) is 0.0395. The van der Waals surface area contributed by atoms with Crippen molar-refractivity contribution in [2.24, 2.45) is 0 Å². The summed E-state index contributed by atoms with van der Waals surface area (Å²) >= 11 is 6.14. The Kier molecular flexibility index (Phi) is 5.44. The van der Waals surface area contributed by atoms with Gasteiger partial charge >= 0.3 is 11.7 Å². The fourth-order valence-electron chi connectivity index (χ4n) is 3.86. The molecule has 0 atom stereocenters. The Bertz CT molecular complexity index is 1270. The first-order valence-electron chi connectivity index (χ1n) is 9.40. The third kappa shape index (κ3) is 3.53. The lowest BCUT2D eigenvalue weighted by Crippen LogP contribution is -2.40. The molecule has 30 heavy (non-hydrogen) atoms. The largest absolute Gasteiger partial charge is 0.465 e. The van der Waals surface area contributed by atoms with E-state index in [1.165, 1.54) is 29.6 Å². The smallest absolute Gasteiger partial charge is 0.337 e. The molecule has 0 saturated carbocycles. The number of methoxy groups -OCH3 is 1. The minimum absolute atomic E-state index is 0.0395. The molecule has 1 fully saturated rings. The van der Waals surface area contributed by atoms with Gasteiger partial charge in [-0.05, 0) is 43.2 Å². The van der Waals surface area contributed by atoms with E-state index in [4.69, 9.17) is 11.6 Å². The summed E-state index contributed by atoms with van der Waals surface area (Å²) in [6.45, 7) is 0.468. The van der Waals surface area contributed by atoms with E-state index < -0.39 is 16.0 Å². The Balaban J connectivity index is 1.59. The van der Waals surface area contributed by atoms with Crippen molar-refractivity contribution in [3.8, 4) is 0 Å². The minimum atomic E-state index is -3.90. The molecule has 3 aromatic rings. The number of hydrogen-bond acceptors (Lipinski definition) is 5. The lowest BCUT2D eigenvalue weighted by Gasteiger charge is -2.32. The average molecular weight is 450 g/mol. The second-order valence-corrected chi connectivity index (χ2v) is 9.40. The summed E-state index contributed by atoms with van der Waals surface area (Å²) in [7, 11) is -2.68. The van der Waals surface area contributed by atoms with E-state index in [0.29, 0.717) is 12.8 Å². The van der Waals surface area contributed by atoms with Crippen molar-refractivity contribution in [1.82, 2.24) is 13.9 Å². The minimum Gasteiger partial charge on any atom is -0.465 e. The summed E-state index contributed by atoms with van der Waals surface area (Å²) in [6, 6.07) is 11.3. The standard InChI is InChI=1S/C20H20ClN3O5S/c1-29-19(25)13-6-7-15(21)18(12-13)30(27,28)23-10-8-14(9-11-23)24-17-5-3-2-4-16(17)22-20(24)26/h2-7,12,14H,8-11H2,1H3,(H,22,26). The molecule has 0 radical (unpaired) electrons. The van der Waals surface area contributed by atoms with E-state index in [1.54, 1.807) is 4.57 Å². The fraction of sp³-hybridized carbons (Fsp3) is 0.300. The van der Waals surface area contributed by atoms with Crippen LogP contribution in [-0.4, -0.2) is 48.4 Å². The number of hydrogen-bond donors (Lipinski definition) is 1. The highest BCUT2D eigenvalue weighted by Gasteiger charge is 2.33. The maximum atomic E-state index is 13.2. The van der Waals surface area contributed by atoms with Crippen LogP contribution in [0.4, 0.5) is 0 Å². The number of H-pyrrole nitrogens is 1. The number of esters is 1. The van der Waals surface area contributed by atoms with E-state index in [9.17, 15) is 18.0 Å². The van der Waals surface area contributed by atoms with Crippen molar-refractivity contribution in [3.05, 3.63) is 63.5 Å². The number of ether oxygens (including phenoxy) is 1. The van der Waals surface area contributed by atoms with Crippen molar-refractivity contribution in [1.29, 1.82) is 0 Å². The lowest BCUT2D eigenvalue weighted by molar-refractivity contribution is 0.0600. The van der Waals surface area contributed by atoms with Crippen LogP contribution < -0.4 is 5.69 Å². The van der Waals surface area contributed by atoms with Crippen molar-refractivity contribution >= 4 is 38.6 Å². The summed E-state index contributed by atoms with van der Waals surface area (Å²) in [6.07, 6.45) is 0.963. The Labute approximate surface area is 178 Å². The number of nitrogens with zero attached hydrogens (tertiary/aromatic N) is 2. The molecular weight excluding hydrogens is 430 g/mol. The summed E-state index contributed by atoms with van der Waals surface area (Å²) in [4.78, 5) is 26.9. The van der Waals surface area contributed by atoms with Crippen molar-refractivity contribution in [2.45, 2.75) is 23.8 Å². The fourth-order valence-corrected chi connectivity index (χ4v) is 5.83. The molecule has 4 rings (SSSR count). The first-order chi connectivity index (χ1) is 14.3. The molecule has 10 heteroatoms. The molecule has 8 nitrogen and oxygen atoms in total. The monoisotopic (exact) mass is 449 g/mol. The van der Waals surface area contributed by atoms with Crippen molar-refractivity contribution in [3.63, 3.8) is 0 Å². The van der Waals surface area contributed by atoms with Gasteiger partial charge in [0.15, 0.2) is 0 Å². The zero-order valence-electron chi connectivity index (χ0n) is 16.2. The number of piperidine rings is 1. The normalized spacial score (nSPS) is 16.1. The van der Waals surface area contributed by atoms with E-state index in [0.717, 1.165) is 11.0 Å². The Morgan fingerprint density at radius 3 is 2.57 bits per heavy atom. The van der Waals surface area contributed by atoms with Crippen LogP contribution in [0, 0.1) is 0 Å². The molecular formula is C20H20ClN3O5S. The van der Waals surface area contributed by atoms with Gasteiger partial charge in [0.25, 0.3) is 0 Å². The van der Waals surface area contributed by atoms with Gasteiger partial charge in [0.2, 0.25) is 10.0 Å². The molecule has 158 valence electrons. The molecule has 2 aromatic carbocycles. The second-order valence-electron chi connectivity index (χ2n) is 7.09. The van der Waals surface area contributed by atoms with Crippen molar-refractivity contribution in [2.75, 3.05) is 20.2 Å². The van der Waals surface area contributed by atoms with Gasteiger partial charge in [0.05, 0.1) is 28.7 Å². The topological polar surface area (TPSA) is 101 Å². The Hall–Kier alpha value is -2.62. The van der Waals surface area contributed by atoms with E-state index >= 15 is 0 Å². The number of rotatable bonds is 4. The first kappa shape index (κ1) is 20.6. The predicted octanol–water partition coefficient (Wildman–Crippen LogP) is 2.80. The number of sulfonamides is 1. The van der Waals surface area contributed by atoms with Crippen LogP contribution in [0.1, 0.15) is 29.2 Å². The highest BCUT2D eigenvalue weighted by atomic mass is 35.5. The molecule has 0 bridgehead atoms. The maximum absolute atomic E-state index is 13.2. The number of imidazole rings is 1. The van der Waals surface area contributed by atoms with Gasteiger partial charge in [-0.25, -0.2) is 18.0 Å². The number of benzene rings is 2. The zero-order valence-corrected chi connectivity index (χ0v) is 17.7. The van der Waals surface area contributed by atoms with Crippen LogP contribution >= 0.6 is 11.6 Å². The number of carbonyl (C=O) groups is 1. The third-order valence-electron chi connectivity index (χ3n) is 5.38. The Morgan fingerprint density at radius 1 is 1.17 bits per heavy atom. The zero-order chi connectivity index (χ0) is 21.5. The highest BCUT2D eigenvalue weighted by Crippen LogP contribution is 2.31. The predicted molar refractivity (Wildman–Crippen MR) is 112 cm³/mol. The van der Waals surface area contributed by atoms with Crippen LogP contribution in [0.2, 0.25) is 5.02 Å². The molecule has 1 N–H and O–H groups in total. The molecule has 1 aliphatic heterocycles. The van der Waals surface area contributed by atoms with E-state index in [-0.39, 0.29) is 40.3 Å². The molecule has 0 unspecified atom stereocenters. The van der Waals surface area contributed by atoms with Crippen molar-refractivity contribution < 1.29 is 17.9 Å². The van der Waals surface area contributed by atoms with Gasteiger partial charge in [0, 0.05) is 19.1 Å². The summed E-state index contributed by atoms with van der Waals surface area (Å²) in [5.41, 5.74) is 1.47. The SMILES string of the molecule is COC(=O)c1ccc(Cl)c(S(=O)(=O)N2CCC(n3c(=O)[nH]c4ccccc43)CC2)c1. The number of carbonyl (C=O) groups excluding carboxylic acids is 1. The highest BCUT2D eigenvalue weighted by molar-refractivity contribution is 7.89. The number of para-hydroxylation sites is 2. The van der Waals surface area contributed by atoms with Crippen LogP contribution in [0.15, 0.2) is 52.2 Å². The first-order valence-corrected chi connectivity index (χ1v) is 11.2. The number of nitrogens with one attached hydrogen (secondary N) is 1. The van der Waals surface area contributed by atoms with Gasteiger partial charge in [-0.1, -0.05) is 23.7 Å². The number of halogens is 1. The summed E-state index contributed by atoms with van der Waals surface area (Å²) < 4.78 is 34.0. The number of aromatic nitrogens is 2. The molecule has 0 aliphatic carbocycles. The lowest BCUT2D eigenvalue weighted by atomic mass is 10.1. The molecule has 0 spiro atoms. The van der Waals surface area contributed by atoms with Crippen LogP contribution in [0.5, 0.6) is 0 Å². The molecule has 2 heterocycles. The van der Waals surface area contributed by atoms with Gasteiger partial charge in [-0.2, -0.15) is 4.31 Å². The van der Waals surface area contributed by atoms with E-state index in [2.05, 4.69) is 9.72 Å². The second kappa shape index (κ2) is 7.90. The summed E-state index contributed by atoms with van der Waals surface area (Å²) in [5.74, 6) is -0.638. The van der Waals surface area contributed by atoms with Gasteiger partial charge < -0.3 is 9.72 Å². The average Bonchev–Trinajstić information content (AvgIpc) is 3.09. The van der Waals surface area contributed by atoms with Gasteiger partial charge in [-0.15, -0.1) is 0 Å². The van der Waals surface area contributed by atoms with Crippen LogP contribution in [-0.2, 0) is 14.8 Å². The number of fused-ring (bicyclic) bond motifs is 1. The van der Waals surface area contributed by atoms with Crippen LogP contribution in [0.3, 0.4) is 0 Å². The van der Waals surface area contributed by atoms with E-state index in [1.807, 2.05) is 24.3 Å². The third-order valence-corrected chi connectivity index (χ3v) is 7.76.